The molecule has 188 valence electrons. The van der Waals surface area contributed by atoms with Gasteiger partial charge in [0.25, 0.3) is 0 Å². The van der Waals surface area contributed by atoms with Crippen molar-refractivity contribution in [2.45, 2.75) is 77.5 Å². The molecule has 0 aromatic carbocycles. The summed E-state index contributed by atoms with van der Waals surface area (Å²) >= 11 is 0. The van der Waals surface area contributed by atoms with E-state index in [0.717, 1.165) is 0 Å². The monoisotopic (exact) mass is 474 g/mol. The number of aliphatic carboxylic acids is 3. The van der Waals surface area contributed by atoms with Crippen LogP contribution in [0.5, 0.6) is 0 Å². The zero-order valence-electron chi connectivity index (χ0n) is 19.2. The van der Waals surface area contributed by atoms with E-state index in [1.54, 1.807) is 27.7 Å². The summed E-state index contributed by atoms with van der Waals surface area (Å²) in [4.78, 5) is 71.0. The van der Waals surface area contributed by atoms with E-state index in [1.807, 2.05) is 0 Å². The molecule has 0 bridgehead atoms. The molecule has 0 aromatic rings. The molecule has 0 aliphatic carbocycles. The smallest absolute Gasteiger partial charge is 0.326 e. The highest BCUT2D eigenvalue weighted by Crippen LogP contribution is 2.07. The van der Waals surface area contributed by atoms with Crippen LogP contribution < -0.4 is 21.7 Å². The van der Waals surface area contributed by atoms with Gasteiger partial charge >= 0.3 is 17.9 Å². The van der Waals surface area contributed by atoms with E-state index in [0.29, 0.717) is 0 Å². The molecule has 0 aromatic heterocycles. The van der Waals surface area contributed by atoms with Crippen molar-refractivity contribution in [3.63, 3.8) is 0 Å². The van der Waals surface area contributed by atoms with E-state index in [9.17, 15) is 33.9 Å². The molecule has 13 nitrogen and oxygen atoms in total. The van der Waals surface area contributed by atoms with Crippen molar-refractivity contribution < 1.29 is 44.1 Å². The summed E-state index contributed by atoms with van der Waals surface area (Å²) in [6, 6.07) is -5.05. The minimum Gasteiger partial charge on any atom is -0.481 e. The van der Waals surface area contributed by atoms with Gasteiger partial charge in [-0.1, -0.05) is 27.7 Å². The van der Waals surface area contributed by atoms with Crippen LogP contribution in [0.2, 0.25) is 0 Å². The molecule has 0 fully saturated rings. The van der Waals surface area contributed by atoms with Crippen LogP contribution in [0, 0.1) is 11.8 Å². The SMILES string of the molecule is CC(C)C(N)C(=O)NC(CCC(=O)O)C(=O)NC(CCC(=O)O)C(=O)NC(C(=O)O)C(C)C. The first-order valence-corrected chi connectivity index (χ1v) is 10.5. The Hall–Kier alpha value is -3.22. The van der Waals surface area contributed by atoms with Gasteiger partial charge in [0.2, 0.25) is 17.7 Å². The van der Waals surface area contributed by atoms with Crippen molar-refractivity contribution in [3.05, 3.63) is 0 Å². The molecule has 0 aliphatic heterocycles. The molecule has 0 saturated heterocycles. The van der Waals surface area contributed by atoms with Crippen molar-refractivity contribution in [1.29, 1.82) is 0 Å². The highest BCUT2D eigenvalue weighted by Gasteiger charge is 2.32. The first-order chi connectivity index (χ1) is 15.2. The molecule has 8 N–H and O–H groups in total. The summed E-state index contributed by atoms with van der Waals surface area (Å²) < 4.78 is 0. The van der Waals surface area contributed by atoms with Crippen LogP contribution in [-0.4, -0.2) is 75.1 Å². The third kappa shape index (κ3) is 11.3. The van der Waals surface area contributed by atoms with Gasteiger partial charge in [-0.15, -0.1) is 0 Å². The van der Waals surface area contributed by atoms with Gasteiger partial charge in [0, 0.05) is 12.8 Å². The zero-order valence-corrected chi connectivity index (χ0v) is 19.2. The van der Waals surface area contributed by atoms with E-state index < -0.39 is 78.6 Å². The maximum atomic E-state index is 12.8. The van der Waals surface area contributed by atoms with Crippen LogP contribution in [-0.2, 0) is 28.8 Å². The number of rotatable bonds is 15. The molecular weight excluding hydrogens is 440 g/mol. The number of hydrogen-bond donors (Lipinski definition) is 7. The standard InChI is InChI=1S/C20H34N4O9/c1-9(2)15(21)19(31)23-11(5-7-13(25)26)17(29)22-12(6-8-14(27)28)18(30)24-16(10(3)4)20(32)33/h9-12,15-16H,5-8,21H2,1-4H3,(H,22,29)(H,23,31)(H,24,30)(H,25,26)(H,27,28)(H,32,33). The van der Waals surface area contributed by atoms with Crippen LogP contribution in [0.15, 0.2) is 0 Å². The van der Waals surface area contributed by atoms with Crippen LogP contribution in [0.4, 0.5) is 0 Å². The van der Waals surface area contributed by atoms with Crippen LogP contribution in [0.25, 0.3) is 0 Å². The summed E-state index contributed by atoms with van der Waals surface area (Å²) in [6.45, 7) is 6.46. The first kappa shape index (κ1) is 29.8. The van der Waals surface area contributed by atoms with E-state index in [-0.39, 0.29) is 18.8 Å². The predicted octanol–water partition coefficient (Wildman–Crippen LogP) is -1.11. The van der Waals surface area contributed by atoms with Crippen LogP contribution in [0.3, 0.4) is 0 Å². The summed E-state index contributed by atoms with van der Waals surface area (Å²) in [5.74, 6) is -7.11. The lowest BCUT2D eigenvalue weighted by molar-refractivity contribution is -0.144. The Morgan fingerprint density at radius 1 is 0.667 bits per heavy atom. The predicted molar refractivity (Wildman–Crippen MR) is 115 cm³/mol. The fourth-order valence-corrected chi connectivity index (χ4v) is 2.68. The summed E-state index contributed by atoms with van der Waals surface area (Å²) in [7, 11) is 0. The van der Waals surface area contributed by atoms with E-state index in [4.69, 9.17) is 15.9 Å². The van der Waals surface area contributed by atoms with Crippen molar-refractivity contribution >= 4 is 35.6 Å². The number of nitrogens with two attached hydrogens (primary N) is 1. The molecule has 0 aliphatic rings. The maximum absolute atomic E-state index is 12.8. The van der Waals surface area contributed by atoms with Crippen LogP contribution >= 0.6 is 0 Å². The second-order valence-corrected chi connectivity index (χ2v) is 8.33. The summed E-state index contributed by atoms with van der Waals surface area (Å²) in [5, 5.41) is 34.1. The van der Waals surface area contributed by atoms with Gasteiger partial charge in [0.1, 0.15) is 18.1 Å². The average molecular weight is 475 g/mol. The number of carbonyl (C=O) groups is 6. The highest BCUT2D eigenvalue weighted by molar-refractivity contribution is 5.94. The van der Waals surface area contributed by atoms with Crippen molar-refractivity contribution in [2.75, 3.05) is 0 Å². The first-order valence-electron chi connectivity index (χ1n) is 10.5. The lowest BCUT2D eigenvalue weighted by atomic mass is 10.0. The number of carboxylic acid groups (broad SMARTS) is 3. The maximum Gasteiger partial charge on any atom is 0.326 e. The Kier molecular flexibility index (Phi) is 12.7. The van der Waals surface area contributed by atoms with Gasteiger partial charge in [-0.2, -0.15) is 0 Å². The summed E-state index contributed by atoms with van der Waals surface area (Å²) in [6.07, 6.45) is -1.66. The van der Waals surface area contributed by atoms with E-state index in [1.165, 1.54) is 0 Å². The van der Waals surface area contributed by atoms with Gasteiger partial charge in [-0.25, -0.2) is 4.79 Å². The third-order valence-corrected chi connectivity index (χ3v) is 4.81. The summed E-state index contributed by atoms with van der Waals surface area (Å²) in [5.41, 5.74) is 5.76. The van der Waals surface area contributed by atoms with Crippen molar-refractivity contribution in [1.82, 2.24) is 16.0 Å². The third-order valence-electron chi connectivity index (χ3n) is 4.81. The van der Waals surface area contributed by atoms with Crippen molar-refractivity contribution in [2.24, 2.45) is 17.6 Å². The van der Waals surface area contributed by atoms with Gasteiger partial charge < -0.3 is 37.0 Å². The number of carboxylic acids is 3. The lowest BCUT2D eigenvalue weighted by Gasteiger charge is -2.26. The Morgan fingerprint density at radius 3 is 1.39 bits per heavy atom. The number of amides is 3. The van der Waals surface area contributed by atoms with Crippen molar-refractivity contribution in [3.8, 4) is 0 Å². The Morgan fingerprint density at radius 2 is 1.06 bits per heavy atom. The topological polar surface area (TPSA) is 225 Å². The molecule has 4 unspecified atom stereocenters. The molecule has 13 heteroatoms. The zero-order chi connectivity index (χ0) is 25.9. The number of hydrogen-bond acceptors (Lipinski definition) is 7. The lowest BCUT2D eigenvalue weighted by Crippen LogP contribution is -2.58. The van der Waals surface area contributed by atoms with Gasteiger partial charge in [-0.05, 0) is 24.7 Å². The van der Waals surface area contributed by atoms with E-state index in [2.05, 4.69) is 16.0 Å². The fraction of sp³-hybridized carbons (Fsp3) is 0.700. The number of nitrogens with one attached hydrogen (secondary N) is 3. The minimum atomic E-state index is -1.43. The van der Waals surface area contributed by atoms with Gasteiger partial charge in [-0.3, -0.25) is 24.0 Å². The molecule has 0 rings (SSSR count). The van der Waals surface area contributed by atoms with Gasteiger partial charge in [0.05, 0.1) is 6.04 Å². The minimum absolute atomic E-state index is 0.272. The second kappa shape index (κ2) is 14.0. The number of carbonyl (C=O) groups excluding carboxylic acids is 3. The molecule has 0 saturated carbocycles. The molecule has 0 radical (unpaired) electrons. The normalized spacial score (nSPS) is 14.6. The average Bonchev–Trinajstić information content (AvgIpc) is 2.69. The molecule has 4 atom stereocenters. The largest absolute Gasteiger partial charge is 0.481 e. The molecule has 33 heavy (non-hydrogen) atoms. The van der Waals surface area contributed by atoms with Gasteiger partial charge in [0.15, 0.2) is 0 Å². The molecule has 3 amide bonds. The Bertz CT molecular complexity index is 739. The molecular formula is C20H34N4O9. The fourth-order valence-electron chi connectivity index (χ4n) is 2.68. The van der Waals surface area contributed by atoms with E-state index >= 15 is 0 Å². The van der Waals surface area contributed by atoms with Crippen LogP contribution in [0.1, 0.15) is 53.4 Å². The Labute approximate surface area is 191 Å². The Balaban J connectivity index is 5.63. The highest BCUT2D eigenvalue weighted by atomic mass is 16.4. The molecule has 0 heterocycles. The second-order valence-electron chi connectivity index (χ2n) is 8.33. The quantitative estimate of drug-likeness (QED) is 0.151. The molecule has 0 spiro atoms.